The van der Waals surface area contributed by atoms with Gasteiger partial charge in [-0.25, -0.2) is 9.18 Å². The van der Waals surface area contributed by atoms with Gasteiger partial charge < -0.3 is 5.11 Å². The van der Waals surface area contributed by atoms with Crippen LogP contribution in [0.3, 0.4) is 0 Å². The van der Waals surface area contributed by atoms with E-state index in [4.69, 9.17) is 5.11 Å². The van der Waals surface area contributed by atoms with E-state index in [0.717, 1.165) is 0 Å². The number of halogens is 1. The topological polar surface area (TPSA) is 37.3 Å². The van der Waals surface area contributed by atoms with Gasteiger partial charge in [0.2, 0.25) is 0 Å². The fourth-order valence-electron chi connectivity index (χ4n) is 1.12. The highest BCUT2D eigenvalue weighted by atomic mass is 19.1. The molecule has 0 saturated carbocycles. The van der Waals surface area contributed by atoms with Crippen LogP contribution in [0.2, 0.25) is 0 Å². The normalized spacial score (nSPS) is 9.00. The number of carboxylic acid groups (broad SMARTS) is 1. The number of hydrogen-bond acceptors (Lipinski definition) is 1. The highest BCUT2D eigenvalue weighted by Crippen LogP contribution is 2.13. The van der Waals surface area contributed by atoms with Gasteiger partial charge in [-0.15, -0.1) is 5.92 Å². The Morgan fingerprint density at radius 1 is 1.57 bits per heavy atom. The fourth-order valence-corrected chi connectivity index (χ4v) is 1.12. The average molecular weight is 192 g/mol. The Kier molecular flexibility index (Phi) is 3.24. The maximum atomic E-state index is 13.2. The lowest BCUT2D eigenvalue weighted by Gasteiger charge is -2.02. The van der Waals surface area contributed by atoms with Crippen LogP contribution in [-0.4, -0.2) is 11.1 Å². The fraction of sp³-hybridized carbons (Fsp3) is 0.182. The van der Waals surface area contributed by atoms with Crippen molar-refractivity contribution in [2.75, 3.05) is 0 Å². The molecule has 0 aliphatic rings. The van der Waals surface area contributed by atoms with Crippen LogP contribution in [0.5, 0.6) is 0 Å². The Bertz CT molecular complexity index is 413. The second kappa shape index (κ2) is 4.43. The van der Waals surface area contributed by atoms with Crippen LogP contribution in [0.25, 0.3) is 0 Å². The first-order valence-corrected chi connectivity index (χ1v) is 4.07. The first-order chi connectivity index (χ1) is 6.66. The highest BCUT2D eigenvalue weighted by molar-refractivity contribution is 5.89. The molecule has 0 atom stereocenters. The van der Waals surface area contributed by atoms with Crippen LogP contribution in [0.1, 0.15) is 22.8 Å². The lowest BCUT2D eigenvalue weighted by Crippen LogP contribution is -2.04. The predicted molar refractivity (Wildman–Crippen MR) is 50.5 cm³/mol. The van der Waals surface area contributed by atoms with Crippen molar-refractivity contribution < 1.29 is 14.3 Å². The molecular formula is C11H9FO2. The standard InChI is InChI=1S/C11H9FO2/c1-2-3-5-8-9(11(13)14)6-4-7-10(8)12/h4,6-7H,5H2,1H3,(H,13,14). The zero-order valence-corrected chi connectivity index (χ0v) is 7.67. The molecule has 0 fully saturated rings. The third-order valence-electron chi connectivity index (χ3n) is 1.79. The molecule has 0 bridgehead atoms. The molecule has 14 heavy (non-hydrogen) atoms. The SMILES string of the molecule is CC#CCc1c(F)cccc1C(=O)O. The number of hydrogen-bond donors (Lipinski definition) is 1. The van der Waals surface area contributed by atoms with Crippen LogP contribution >= 0.6 is 0 Å². The smallest absolute Gasteiger partial charge is 0.336 e. The van der Waals surface area contributed by atoms with Crippen molar-refractivity contribution in [1.29, 1.82) is 0 Å². The minimum atomic E-state index is -1.13. The molecule has 1 rings (SSSR count). The average Bonchev–Trinajstić information content (AvgIpc) is 2.15. The second-order valence-electron chi connectivity index (χ2n) is 2.67. The molecule has 72 valence electrons. The molecule has 3 heteroatoms. The van der Waals surface area contributed by atoms with E-state index >= 15 is 0 Å². The van der Waals surface area contributed by atoms with E-state index in [1.54, 1.807) is 6.92 Å². The quantitative estimate of drug-likeness (QED) is 0.728. The van der Waals surface area contributed by atoms with Crippen LogP contribution in [0, 0.1) is 17.7 Å². The van der Waals surface area contributed by atoms with Gasteiger partial charge in [0.05, 0.1) is 5.56 Å². The summed E-state index contributed by atoms with van der Waals surface area (Å²) in [5.74, 6) is 3.60. The third-order valence-corrected chi connectivity index (χ3v) is 1.79. The first-order valence-electron chi connectivity index (χ1n) is 4.07. The minimum absolute atomic E-state index is 0.0206. The second-order valence-corrected chi connectivity index (χ2v) is 2.67. The molecule has 0 aromatic heterocycles. The van der Waals surface area contributed by atoms with Crippen molar-refractivity contribution in [3.63, 3.8) is 0 Å². The minimum Gasteiger partial charge on any atom is -0.478 e. The molecule has 2 nitrogen and oxygen atoms in total. The lowest BCUT2D eigenvalue weighted by atomic mass is 10.0. The number of carboxylic acids is 1. The molecule has 0 saturated heterocycles. The van der Waals surface area contributed by atoms with Crippen LogP contribution < -0.4 is 0 Å². The van der Waals surface area contributed by atoms with Gasteiger partial charge in [-0.3, -0.25) is 0 Å². The Morgan fingerprint density at radius 2 is 2.29 bits per heavy atom. The van der Waals surface area contributed by atoms with E-state index in [1.807, 2.05) is 0 Å². The van der Waals surface area contributed by atoms with Gasteiger partial charge in [-0.1, -0.05) is 12.0 Å². The van der Waals surface area contributed by atoms with Crippen molar-refractivity contribution in [2.24, 2.45) is 0 Å². The van der Waals surface area contributed by atoms with Crippen molar-refractivity contribution in [2.45, 2.75) is 13.3 Å². The van der Waals surface area contributed by atoms with Gasteiger partial charge in [0.25, 0.3) is 0 Å². The molecule has 0 spiro atoms. The summed E-state index contributed by atoms with van der Waals surface area (Å²) in [4.78, 5) is 10.7. The molecule has 1 aromatic carbocycles. The van der Waals surface area contributed by atoms with E-state index in [1.165, 1.54) is 18.2 Å². The zero-order valence-electron chi connectivity index (χ0n) is 7.67. The van der Waals surface area contributed by atoms with Crippen LogP contribution in [0.15, 0.2) is 18.2 Å². The van der Waals surface area contributed by atoms with Gasteiger partial charge in [0.15, 0.2) is 0 Å². The van der Waals surface area contributed by atoms with Gasteiger partial charge in [0.1, 0.15) is 5.82 Å². The summed E-state index contributed by atoms with van der Waals surface area (Å²) in [7, 11) is 0. The van der Waals surface area contributed by atoms with Crippen molar-refractivity contribution >= 4 is 5.97 Å². The zero-order chi connectivity index (χ0) is 10.6. The summed E-state index contributed by atoms with van der Waals surface area (Å²) in [5.41, 5.74) is 0.127. The summed E-state index contributed by atoms with van der Waals surface area (Å²) in [6, 6.07) is 3.98. The number of benzene rings is 1. The van der Waals surface area contributed by atoms with Crippen LogP contribution in [-0.2, 0) is 6.42 Å². The van der Waals surface area contributed by atoms with E-state index < -0.39 is 11.8 Å². The Labute approximate surface area is 81.4 Å². The Morgan fingerprint density at radius 3 is 2.86 bits per heavy atom. The molecule has 0 heterocycles. The summed E-state index contributed by atoms with van der Waals surface area (Å²) >= 11 is 0. The van der Waals surface area contributed by atoms with E-state index in [2.05, 4.69) is 11.8 Å². The first kappa shape index (κ1) is 10.3. The molecule has 0 unspecified atom stereocenters. The van der Waals surface area contributed by atoms with Gasteiger partial charge >= 0.3 is 5.97 Å². The molecule has 0 aliphatic carbocycles. The summed E-state index contributed by atoms with van der Waals surface area (Å²) in [6.45, 7) is 1.63. The van der Waals surface area contributed by atoms with Gasteiger partial charge in [-0.2, -0.15) is 0 Å². The Hall–Kier alpha value is -1.82. The van der Waals surface area contributed by atoms with Crippen LogP contribution in [0.4, 0.5) is 4.39 Å². The largest absolute Gasteiger partial charge is 0.478 e. The number of aromatic carboxylic acids is 1. The highest BCUT2D eigenvalue weighted by Gasteiger charge is 2.12. The maximum Gasteiger partial charge on any atom is 0.336 e. The van der Waals surface area contributed by atoms with Crippen molar-refractivity contribution in [1.82, 2.24) is 0 Å². The summed E-state index contributed by atoms with van der Waals surface area (Å²) in [6.07, 6.45) is 0.130. The summed E-state index contributed by atoms with van der Waals surface area (Å²) < 4.78 is 13.2. The summed E-state index contributed by atoms with van der Waals surface area (Å²) in [5, 5.41) is 8.77. The van der Waals surface area contributed by atoms with Gasteiger partial charge in [0, 0.05) is 12.0 Å². The van der Waals surface area contributed by atoms with Crippen molar-refractivity contribution in [3.05, 3.63) is 35.1 Å². The number of carbonyl (C=O) groups is 1. The molecule has 0 radical (unpaired) electrons. The van der Waals surface area contributed by atoms with Gasteiger partial charge in [-0.05, 0) is 19.1 Å². The van der Waals surface area contributed by atoms with Crippen molar-refractivity contribution in [3.8, 4) is 11.8 Å². The predicted octanol–water partition coefficient (Wildman–Crippen LogP) is 2.09. The Balaban J connectivity index is 3.19. The molecule has 0 aliphatic heterocycles. The monoisotopic (exact) mass is 192 g/mol. The van der Waals surface area contributed by atoms with E-state index in [9.17, 15) is 9.18 Å². The lowest BCUT2D eigenvalue weighted by molar-refractivity contribution is 0.0695. The molecular weight excluding hydrogens is 183 g/mol. The third kappa shape index (κ3) is 2.11. The molecule has 1 N–H and O–H groups in total. The maximum absolute atomic E-state index is 13.2. The number of rotatable bonds is 2. The molecule has 0 amide bonds. The van der Waals surface area contributed by atoms with E-state index in [0.29, 0.717) is 0 Å². The van der Waals surface area contributed by atoms with E-state index in [-0.39, 0.29) is 17.5 Å². The molecule has 1 aromatic rings.